The van der Waals surface area contributed by atoms with Gasteiger partial charge in [-0.05, 0) is 66.4 Å². The zero-order valence-corrected chi connectivity index (χ0v) is 16.1. The van der Waals surface area contributed by atoms with Crippen molar-refractivity contribution in [1.82, 2.24) is 0 Å². The fourth-order valence-corrected chi connectivity index (χ4v) is 3.13. The first-order valence-electron chi connectivity index (χ1n) is 9.07. The molecule has 3 rings (SSSR count). The first-order chi connectivity index (χ1) is 14.2. The molecule has 0 fully saturated rings. The zero-order valence-electron chi connectivity index (χ0n) is 16.1. The van der Waals surface area contributed by atoms with E-state index in [4.69, 9.17) is 4.74 Å². The SMILES string of the molecule is COc1cc(CCc2cc(O)cc(O)c2)cc(C(=O)C(=O)c2cc(O)cc(O)c2)c1. The number of phenols is 4. The lowest BCUT2D eigenvalue weighted by molar-refractivity contribution is 0.0816. The molecule has 3 aromatic rings. The number of aromatic hydroxyl groups is 4. The van der Waals surface area contributed by atoms with E-state index >= 15 is 0 Å². The second kappa shape index (κ2) is 8.57. The largest absolute Gasteiger partial charge is 0.508 e. The Hall–Kier alpha value is -4.00. The van der Waals surface area contributed by atoms with Gasteiger partial charge in [0.25, 0.3) is 0 Å². The lowest BCUT2D eigenvalue weighted by Gasteiger charge is -2.09. The van der Waals surface area contributed by atoms with Crippen molar-refractivity contribution in [2.75, 3.05) is 7.11 Å². The molecule has 0 heterocycles. The number of Topliss-reactive ketones (excluding diaryl/α,β-unsaturated/α-hetero) is 2. The number of ether oxygens (including phenoxy) is 1. The van der Waals surface area contributed by atoms with Crippen LogP contribution in [0.25, 0.3) is 0 Å². The van der Waals surface area contributed by atoms with E-state index in [1.54, 1.807) is 12.1 Å². The van der Waals surface area contributed by atoms with Crippen molar-refractivity contribution in [3.63, 3.8) is 0 Å². The van der Waals surface area contributed by atoms with Gasteiger partial charge in [-0.1, -0.05) is 0 Å². The van der Waals surface area contributed by atoms with Crippen LogP contribution in [-0.4, -0.2) is 39.1 Å². The third kappa shape index (κ3) is 4.88. The van der Waals surface area contributed by atoms with Crippen molar-refractivity contribution in [3.8, 4) is 28.7 Å². The number of hydrogen-bond acceptors (Lipinski definition) is 7. The third-order valence-electron chi connectivity index (χ3n) is 4.50. The Labute approximate surface area is 172 Å². The van der Waals surface area contributed by atoms with Crippen LogP contribution in [-0.2, 0) is 12.8 Å². The molecule has 154 valence electrons. The predicted molar refractivity (Wildman–Crippen MR) is 109 cm³/mol. The maximum Gasteiger partial charge on any atom is 0.233 e. The van der Waals surface area contributed by atoms with Gasteiger partial charge in [-0.3, -0.25) is 9.59 Å². The minimum Gasteiger partial charge on any atom is -0.508 e. The molecular weight excluding hydrogens is 388 g/mol. The number of rotatable bonds is 7. The highest BCUT2D eigenvalue weighted by Crippen LogP contribution is 2.25. The van der Waals surface area contributed by atoms with Gasteiger partial charge in [-0.15, -0.1) is 0 Å². The summed E-state index contributed by atoms with van der Waals surface area (Å²) in [7, 11) is 1.44. The number of ketones is 2. The van der Waals surface area contributed by atoms with Gasteiger partial charge in [0, 0.05) is 23.3 Å². The quantitative estimate of drug-likeness (QED) is 0.349. The van der Waals surface area contributed by atoms with E-state index in [9.17, 15) is 30.0 Å². The van der Waals surface area contributed by atoms with Crippen LogP contribution in [0.15, 0.2) is 54.6 Å². The number of benzene rings is 3. The van der Waals surface area contributed by atoms with Crippen LogP contribution in [0.2, 0.25) is 0 Å². The molecule has 0 atom stereocenters. The van der Waals surface area contributed by atoms with Crippen molar-refractivity contribution < 1.29 is 34.8 Å². The smallest absolute Gasteiger partial charge is 0.233 e. The second-order valence-electron chi connectivity index (χ2n) is 6.82. The molecule has 0 bridgehead atoms. The molecule has 0 unspecified atom stereocenters. The number of methoxy groups -OCH3 is 1. The molecule has 0 aromatic heterocycles. The van der Waals surface area contributed by atoms with Crippen LogP contribution in [0.1, 0.15) is 31.8 Å². The minimum absolute atomic E-state index is 0.0496. The monoisotopic (exact) mass is 408 g/mol. The maximum atomic E-state index is 12.7. The first-order valence-corrected chi connectivity index (χ1v) is 9.07. The summed E-state index contributed by atoms with van der Waals surface area (Å²) in [5.74, 6) is -2.05. The number of carbonyl (C=O) groups excluding carboxylic acids is 2. The molecular formula is C23H20O7. The van der Waals surface area contributed by atoms with Crippen molar-refractivity contribution in [2.24, 2.45) is 0 Å². The summed E-state index contributed by atoms with van der Waals surface area (Å²) >= 11 is 0. The summed E-state index contributed by atoms with van der Waals surface area (Å²) in [4.78, 5) is 25.3. The number of aryl methyl sites for hydroxylation is 2. The molecule has 7 nitrogen and oxygen atoms in total. The van der Waals surface area contributed by atoms with Crippen molar-refractivity contribution in [2.45, 2.75) is 12.8 Å². The highest BCUT2D eigenvalue weighted by molar-refractivity contribution is 6.49. The Balaban J connectivity index is 1.86. The van der Waals surface area contributed by atoms with Crippen LogP contribution in [0.3, 0.4) is 0 Å². The molecule has 0 amide bonds. The summed E-state index contributed by atoms with van der Waals surface area (Å²) < 4.78 is 5.24. The molecule has 7 heteroatoms. The first kappa shape index (κ1) is 20.7. The van der Waals surface area contributed by atoms with E-state index in [2.05, 4.69) is 0 Å². The zero-order chi connectivity index (χ0) is 21.8. The average Bonchev–Trinajstić information content (AvgIpc) is 2.69. The van der Waals surface area contributed by atoms with E-state index in [0.717, 1.165) is 18.2 Å². The van der Waals surface area contributed by atoms with Crippen LogP contribution in [0, 0.1) is 0 Å². The predicted octanol–water partition coefficient (Wildman–Crippen LogP) is 3.37. The van der Waals surface area contributed by atoms with Gasteiger partial charge in [0.1, 0.15) is 28.7 Å². The number of carbonyl (C=O) groups is 2. The fraction of sp³-hybridized carbons (Fsp3) is 0.130. The average molecular weight is 408 g/mol. The van der Waals surface area contributed by atoms with Gasteiger partial charge in [-0.2, -0.15) is 0 Å². The Morgan fingerprint density at radius 3 is 1.57 bits per heavy atom. The Morgan fingerprint density at radius 1 is 0.633 bits per heavy atom. The van der Waals surface area contributed by atoms with Gasteiger partial charge in [0.15, 0.2) is 0 Å². The van der Waals surface area contributed by atoms with E-state index in [1.165, 1.54) is 31.4 Å². The molecule has 3 aromatic carbocycles. The third-order valence-corrected chi connectivity index (χ3v) is 4.50. The van der Waals surface area contributed by atoms with E-state index in [-0.39, 0.29) is 34.1 Å². The molecule has 4 N–H and O–H groups in total. The summed E-state index contributed by atoms with van der Waals surface area (Å²) in [5.41, 5.74) is 1.40. The number of phenolic OH excluding ortho intramolecular Hbond substituents is 4. The minimum atomic E-state index is -0.877. The van der Waals surface area contributed by atoms with E-state index < -0.39 is 11.6 Å². The maximum absolute atomic E-state index is 12.7. The van der Waals surface area contributed by atoms with Crippen LogP contribution >= 0.6 is 0 Å². The van der Waals surface area contributed by atoms with Crippen molar-refractivity contribution in [1.29, 1.82) is 0 Å². The summed E-state index contributed by atoms with van der Waals surface area (Å²) in [6, 6.07) is 12.3. The van der Waals surface area contributed by atoms with Crippen molar-refractivity contribution >= 4 is 11.6 Å². The fourth-order valence-electron chi connectivity index (χ4n) is 3.13. The summed E-state index contributed by atoms with van der Waals surface area (Å²) in [6.07, 6.45) is 0.929. The Bertz CT molecular complexity index is 1080. The normalized spacial score (nSPS) is 10.6. The molecule has 0 spiro atoms. The van der Waals surface area contributed by atoms with Gasteiger partial charge in [0.2, 0.25) is 11.6 Å². The molecule has 0 aliphatic heterocycles. The van der Waals surface area contributed by atoms with E-state index in [0.29, 0.717) is 29.7 Å². The lowest BCUT2D eigenvalue weighted by Crippen LogP contribution is -2.15. The summed E-state index contributed by atoms with van der Waals surface area (Å²) in [5, 5.41) is 38.3. The van der Waals surface area contributed by atoms with Gasteiger partial charge < -0.3 is 25.2 Å². The lowest BCUT2D eigenvalue weighted by atomic mass is 9.97. The molecule has 30 heavy (non-hydrogen) atoms. The topological polar surface area (TPSA) is 124 Å². The highest BCUT2D eigenvalue weighted by Gasteiger charge is 2.21. The molecule has 0 aliphatic rings. The molecule has 0 saturated carbocycles. The van der Waals surface area contributed by atoms with Gasteiger partial charge >= 0.3 is 0 Å². The molecule has 0 saturated heterocycles. The Morgan fingerprint density at radius 2 is 1.07 bits per heavy atom. The van der Waals surface area contributed by atoms with Gasteiger partial charge in [0.05, 0.1) is 7.11 Å². The molecule has 0 radical (unpaired) electrons. The van der Waals surface area contributed by atoms with Crippen LogP contribution in [0.5, 0.6) is 28.7 Å². The van der Waals surface area contributed by atoms with E-state index in [1.807, 2.05) is 0 Å². The second-order valence-corrected chi connectivity index (χ2v) is 6.82. The number of hydrogen-bond donors (Lipinski definition) is 4. The molecule has 0 aliphatic carbocycles. The standard InChI is InChI=1S/C23H20O7/c1-30-21-7-13(2-3-14-5-17(24)11-18(25)6-14)4-15(10-21)22(28)23(29)16-8-19(26)12-20(27)9-16/h4-12,24-27H,2-3H2,1H3. The highest BCUT2D eigenvalue weighted by atomic mass is 16.5. The summed E-state index contributed by atoms with van der Waals surface area (Å²) in [6.45, 7) is 0. The van der Waals surface area contributed by atoms with Crippen molar-refractivity contribution in [3.05, 3.63) is 76.9 Å². The van der Waals surface area contributed by atoms with Crippen LogP contribution < -0.4 is 4.74 Å². The van der Waals surface area contributed by atoms with Crippen LogP contribution in [0.4, 0.5) is 0 Å². The Kier molecular flexibility index (Phi) is 5.92. The van der Waals surface area contributed by atoms with Gasteiger partial charge in [-0.25, -0.2) is 0 Å².